The van der Waals surface area contributed by atoms with Gasteiger partial charge in [0.25, 0.3) is 0 Å². The van der Waals surface area contributed by atoms with Crippen LogP contribution < -0.4 is 0 Å². The van der Waals surface area contributed by atoms with E-state index in [4.69, 9.17) is 5.11 Å². The van der Waals surface area contributed by atoms with E-state index in [9.17, 15) is 4.79 Å². The lowest BCUT2D eigenvalue weighted by molar-refractivity contribution is -0.137. The Morgan fingerprint density at radius 2 is 1.55 bits per heavy atom. The maximum Gasteiger partial charge on any atom is 0.303 e. The first-order chi connectivity index (χ1) is 10.7. The zero-order chi connectivity index (χ0) is 16.0. The topological polar surface area (TPSA) is 37.3 Å². The number of hydrogen-bond acceptors (Lipinski definition) is 1. The van der Waals surface area contributed by atoms with Crippen LogP contribution in [0.2, 0.25) is 0 Å². The first kappa shape index (κ1) is 18.2. The summed E-state index contributed by atoms with van der Waals surface area (Å²) in [7, 11) is 0. The number of allylic oxidation sites excluding steroid dienone is 2. The molecular weight excluding hydrogens is 272 g/mol. The van der Waals surface area contributed by atoms with Gasteiger partial charge in [-0.05, 0) is 36.8 Å². The van der Waals surface area contributed by atoms with Crippen molar-refractivity contribution in [2.75, 3.05) is 0 Å². The van der Waals surface area contributed by atoms with Gasteiger partial charge in [0, 0.05) is 6.42 Å². The van der Waals surface area contributed by atoms with Crippen LogP contribution in [0.5, 0.6) is 0 Å². The van der Waals surface area contributed by atoms with Crippen LogP contribution in [0.3, 0.4) is 0 Å². The molecule has 0 radical (unpaired) electrons. The number of hydrogen-bond donors (Lipinski definition) is 1. The molecule has 0 aliphatic carbocycles. The highest BCUT2D eigenvalue weighted by Gasteiger charge is 1.96. The molecule has 0 unspecified atom stereocenters. The molecule has 120 valence electrons. The Balaban J connectivity index is 2.45. The van der Waals surface area contributed by atoms with E-state index >= 15 is 0 Å². The van der Waals surface area contributed by atoms with Gasteiger partial charge >= 0.3 is 5.97 Å². The van der Waals surface area contributed by atoms with E-state index in [1.165, 1.54) is 36.8 Å². The average molecular weight is 300 g/mol. The molecule has 0 aliphatic heterocycles. The average Bonchev–Trinajstić information content (AvgIpc) is 2.51. The number of unbranched alkanes of at least 4 members (excludes halogenated alkanes) is 5. The lowest BCUT2D eigenvalue weighted by atomic mass is 10.0. The van der Waals surface area contributed by atoms with Crippen molar-refractivity contribution in [3.8, 4) is 0 Å². The Bertz CT molecular complexity index is 486. The summed E-state index contributed by atoms with van der Waals surface area (Å²) in [6.07, 6.45) is 16.7. The molecule has 2 heteroatoms. The molecule has 2 nitrogen and oxygen atoms in total. The number of rotatable bonds is 11. The van der Waals surface area contributed by atoms with Crippen molar-refractivity contribution in [3.63, 3.8) is 0 Å². The molecule has 0 aromatic heterocycles. The first-order valence-electron chi connectivity index (χ1n) is 8.38. The zero-order valence-corrected chi connectivity index (χ0v) is 13.6. The second-order valence-electron chi connectivity index (χ2n) is 5.57. The highest BCUT2D eigenvalue weighted by atomic mass is 16.4. The van der Waals surface area contributed by atoms with E-state index in [0.29, 0.717) is 6.42 Å². The van der Waals surface area contributed by atoms with Gasteiger partial charge in [-0.25, -0.2) is 0 Å². The van der Waals surface area contributed by atoms with Crippen LogP contribution in [0.4, 0.5) is 0 Å². The van der Waals surface area contributed by atoms with E-state index < -0.39 is 5.97 Å². The molecule has 0 fully saturated rings. The Labute approximate surface area is 134 Å². The van der Waals surface area contributed by atoms with E-state index in [1.54, 1.807) is 0 Å². The van der Waals surface area contributed by atoms with Crippen molar-refractivity contribution in [1.29, 1.82) is 0 Å². The molecule has 0 amide bonds. The third kappa shape index (κ3) is 8.46. The minimum Gasteiger partial charge on any atom is -0.481 e. The van der Waals surface area contributed by atoms with Gasteiger partial charge in [-0.1, -0.05) is 74.8 Å². The molecule has 22 heavy (non-hydrogen) atoms. The van der Waals surface area contributed by atoms with Crippen LogP contribution in [0.1, 0.15) is 69.4 Å². The molecule has 0 aliphatic rings. The summed E-state index contributed by atoms with van der Waals surface area (Å²) in [5.74, 6) is -0.722. The molecule has 0 spiro atoms. The molecule has 0 heterocycles. The SMILES string of the molecule is CCCCCC/C=C\c1ccccc1/C=C\CCCC(=O)O. The molecule has 1 aromatic rings. The smallest absolute Gasteiger partial charge is 0.303 e. The van der Waals surface area contributed by atoms with Gasteiger partial charge in [-0.3, -0.25) is 4.79 Å². The van der Waals surface area contributed by atoms with Crippen LogP contribution in [0, 0.1) is 0 Å². The van der Waals surface area contributed by atoms with Crippen molar-refractivity contribution in [1.82, 2.24) is 0 Å². The largest absolute Gasteiger partial charge is 0.481 e. The summed E-state index contributed by atoms with van der Waals surface area (Å²) in [5.41, 5.74) is 2.43. The van der Waals surface area contributed by atoms with Crippen molar-refractivity contribution in [3.05, 3.63) is 47.5 Å². The molecule has 0 saturated carbocycles. The number of carbonyl (C=O) groups is 1. The van der Waals surface area contributed by atoms with E-state index in [-0.39, 0.29) is 6.42 Å². The Morgan fingerprint density at radius 1 is 0.955 bits per heavy atom. The quantitative estimate of drug-likeness (QED) is 0.514. The van der Waals surface area contributed by atoms with Crippen LogP contribution >= 0.6 is 0 Å². The number of carboxylic acids is 1. The highest BCUT2D eigenvalue weighted by Crippen LogP contribution is 2.14. The first-order valence-corrected chi connectivity index (χ1v) is 8.38. The van der Waals surface area contributed by atoms with Gasteiger partial charge in [0.15, 0.2) is 0 Å². The Kier molecular flexibility index (Phi) is 9.76. The van der Waals surface area contributed by atoms with E-state index in [2.05, 4.69) is 49.4 Å². The second kappa shape index (κ2) is 11.8. The standard InChI is InChI=1S/C20H28O2/c1-2-3-4-5-6-8-13-18-15-11-12-16-19(18)14-9-7-10-17-20(21)22/h8-9,11-16H,2-7,10,17H2,1H3,(H,21,22)/b13-8-,14-9-. The predicted octanol–water partition coefficient (Wildman–Crippen LogP) is 5.94. The highest BCUT2D eigenvalue weighted by molar-refractivity contribution is 5.67. The van der Waals surface area contributed by atoms with Crippen LogP contribution in [-0.2, 0) is 4.79 Å². The van der Waals surface area contributed by atoms with Gasteiger partial charge < -0.3 is 5.11 Å². The minimum atomic E-state index is -0.722. The summed E-state index contributed by atoms with van der Waals surface area (Å²) in [4.78, 5) is 10.5. The maximum atomic E-state index is 10.5. The van der Waals surface area contributed by atoms with Crippen molar-refractivity contribution >= 4 is 18.1 Å². The summed E-state index contributed by atoms with van der Waals surface area (Å²) in [6.45, 7) is 2.23. The summed E-state index contributed by atoms with van der Waals surface area (Å²) >= 11 is 0. The van der Waals surface area contributed by atoms with Crippen molar-refractivity contribution in [2.45, 2.75) is 58.3 Å². The third-order valence-corrected chi connectivity index (χ3v) is 3.58. The van der Waals surface area contributed by atoms with Gasteiger partial charge in [0.05, 0.1) is 0 Å². The minimum absolute atomic E-state index is 0.240. The summed E-state index contributed by atoms with van der Waals surface area (Å²) in [6, 6.07) is 8.32. The number of benzene rings is 1. The molecule has 0 atom stereocenters. The van der Waals surface area contributed by atoms with Crippen LogP contribution in [0.25, 0.3) is 12.2 Å². The Hall–Kier alpha value is -1.83. The fourth-order valence-corrected chi connectivity index (χ4v) is 2.30. The lowest BCUT2D eigenvalue weighted by Crippen LogP contribution is -1.92. The second-order valence-corrected chi connectivity index (χ2v) is 5.57. The molecular formula is C20H28O2. The third-order valence-electron chi connectivity index (χ3n) is 3.58. The molecule has 0 saturated heterocycles. The summed E-state index contributed by atoms with van der Waals surface area (Å²) < 4.78 is 0. The van der Waals surface area contributed by atoms with Gasteiger partial charge in [0.1, 0.15) is 0 Å². The van der Waals surface area contributed by atoms with Crippen LogP contribution in [0.15, 0.2) is 36.4 Å². The van der Waals surface area contributed by atoms with Gasteiger partial charge in [-0.15, -0.1) is 0 Å². The van der Waals surface area contributed by atoms with Gasteiger partial charge in [-0.2, -0.15) is 0 Å². The van der Waals surface area contributed by atoms with E-state index in [1.807, 2.05) is 6.07 Å². The van der Waals surface area contributed by atoms with E-state index in [0.717, 1.165) is 12.8 Å². The monoisotopic (exact) mass is 300 g/mol. The molecule has 1 N–H and O–H groups in total. The van der Waals surface area contributed by atoms with Crippen LogP contribution in [-0.4, -0.2) is 11.1 Å². The molecule has 1 rings (SSSR count). The fourth-order valence-electron chi connectivity index (χ4n) is 2.30. The normalized spacial score (nSPS) is 11.5. The number of carboxylic acid groups (broad SMARTS) is 1. The van der Waals surface area contributed by atoms with Crippen molar-refractivity contribution < 1.29 is 9.90 Å². The molecule has 0 bridgehead atoms. The predicted molar refractivity (Wildman–Crippen MR) is 94.8 cm³/mol. The number of aliphatic carboxylic acids is 1. The fraction of sp³-hybridized carbons (Fsp3) is 0.450. The Morgan fingerprint density at radius 3 is 2.09 bits per heavy atom. The van der Waals surface area contributed by atoms with Crippen molar-refractivity contribution in [2.24, 2.45) is 0 Å². The maximum absolute atomic E-state index is 10.5. The zero-order valence-electron chi connectivity index (χ0n) is 13.6. The lowest BCUT2D eigenvalue weighted by Gasteiger charge is -2.01. The molecule has 1 aromatic carbocycles. The summed E-state index contributed by atoms with van der Waals surface area (Å²) in [5, 5.41) is 8.62. The van der Waals surface area contributed by atoms with Gasteiger partial charge in [0.2, 0.25) is 0 Å².